The molecule has 2 rings (SSSR count). The molecule has 3 atom stereocenters. The van der Waals surface area contributed by atoms with Gasteiger partial charge in [0.25, 0.3) is 0 Å². The molecule has 0 aromatic heterocycles. The van der Waals surface area contributed by atoms with Crippen molar-refractivity contribution in [3.8, 4) is 0 Å². The van der Waals surface area contributed by atoms with Gasteiger partial charge in [0.05, 0.1) is 0 Å². The Labute approximate surface area is 97.5 Å². The third-order valence-corrected chi connectivity index (χ3v) is 4.97. The van der Waals surface area contributed by atoms with E-state index in [2.05, 4.69) is 24.0 Å². The molecule has 0 amide bonds. The van der Waals surface area contributed by atoms with E-state index in [0.29, 0.717) is 0 Å². The third-order valence-electron chi connectivity index (χ3n) is 3.59. The third kappa shape index (κ3) is 3.65. The van der Waals surface area contributed by atoms with Gasteiger partial charge in [-0.1, -0.05) is 6.92 Å². The van der Waals surface area contributed by atoms with E-state index in [1.165, 1.54) is 38.0 Å². The zero-order valence-corrected chi connectivity index (χ0v) is 10.5. The zero-order chi connectivity index (χ0) is 10.5. The number of rotatable bonds is 4. The van der Waals surface area contributed by atoms with Gasteiger partial charge in [0.2, 0.25) is 0 Å². The van der Waals surface area contributed by atoms with E-state index in [4.69, 9.17) is 4.74 Å². The molecule has 2 heterocycles. The average molecular weight is 229 g/mol. The molecule has 0 aromatic carbocycles. The lowest BCUT2D eigenvalue weighted by molar-refractivity contribution is 0.184. The minimum Gasteiger partial charge on any atom is -0.381 e. The molecule has 2 fully saturated rings. The van der Waals surface area contributed by atoms with Crippen LogP contribution in [0.25, 0.3) is 0 Å². The summed E-state index contributed by atoms with van der Waals surface area (Å²) < 4.78 is 5.39. The molecule has 2 aliphatic heterocycles. The number of thioether (sulfide) groups is 1. The van der Waals surface area contributed by atoms with E-state index in [0.717, 1.165) is 30.4 Å². The molecule has 3 unspecified atom stereocenters. The van der Waals surface area contributed by atoms with Gasteiger partial charge < -0.3 is 10.1 Å². The predicted octanol–water partition coefficient (Wildman–Crippen LogP) is 2.29. The van der Waals surface area contributed by atoms with Gasteiger partial charge in [0.15, 0.2) is 0 Å². The van der Waals surface area contributed by atoms with E-state index in [1.54, 1.807) is 0 Å². The van der Waals surface area contributed by atoms with E-state index >= 15 is 0 Å². The van der Waals surface area contributed by atoms with Crippen LogP contribution >= 0.6 is 11.8 Å². The minimum atomic E-state index is 0.756. The smallest absolute Gasteiger partial charge is 0.0495 e. The molecule has 0 aromatic rings. The van der Waals surface area contributed by atoms with Crippen LogP contribution in [0.2, 0.25) is 0 Å². The van der Waals surface area contributed by atoms with Crippen LogP contribution in [0, 0.1) is 5.92 Å². The summed E-state index contributed by atoms with van der Waals surface area (Å²) in [4.78, 5) is 0. The fraction of sp³-hybridized carbons (Fsp3) is 1.00. The molecule has 2 nitrogen and oxygen atoms in total. The fourth-order valence-corrected chi connectivity index (χ4v) is 3.64. The Morgan fingerprint density at radius 1 is 1.40 bits per heavy atom. The highest BCUT2D eigenvalue weighted by Gasteiger charge is 2.21. The second-order valence-electron chi connectivity index (χ2n) is 4.80. The summed E-state index contributed by atoms with van der Waals surface area (Å²) in [5, 5.41) is 4.53. The Balaban J connectivity index is 1.59. The summed E-state index contributed by atoms with van der Waals surface area (Å²) in [6.45, 7) is 5.53. The van der Waals surface area contributed by atoms with Gasteiger partial charge in [-0.3, -0.25) is 0 Å². The van der Waals surface area contributed by atoms with E-state index in [-0.39, 0.29) is 0 Å². The van der Waals surface area contributed by atoms with Gasteiger partial charge in [-0.2, -0.15) is 11.8 Å². The lowest BCUT2D eigenvalue weighted by atomic mass is 10.0. The van der Waals surface area contributed by atoms with Gasteiger partial charge >= 0.3 is 0 Å². The molecule has 0 bridgehead atoms. The quantitative estimate of drug-likeness (QED) is 0.799. The van der Waals surface area contributed by atoms with Gasteiger partial charge in [-0.15, -0.1) is 0 Å². The highest BCUT2D eigenvalue weighted by molar-refractivity contribution is 7.99. The molecular formula is C12H23NOS. The molecule has 0 aliphatic carbocycles. The zero-order valence-electron chi connectivity index (χ0n) is 9.71. The molecule has 3 heteroatoms. The summed E-state index contributed by atoms with van der Waals surface area (Å²) in [5.74, 6) is 2.18. The number of hydrogen-bond donors (Lipinski definition) is 1. The van der Waals surface area contributed by atoms with E-state index in [1.807, 2.05) is 0 Å². The first-order valence-electron chi connectivity index (χ1n) is 6.29. The van der Waals surface area contributed by atoms with Gasteiger partial charge in [0.1, 0.15) is 0 Å². The van der Waals surface area contributed by atoms with Crippen molar-refractivity contribution in [3.05, 3.63) is 0 Å². The van der Waals surface area contributed by atoms with Crippen LogP contribution in [0.1, 0.15) is 32.6 Å². The first-order valence-corrected chi connectivity index (χ1v) is 7.34. The van der Waals surface area contributed by atoms with Gasteiger partial charge in [-0.05, 0) is 43.9 Å². The van der Waals surface area contributed by atoms with Crippen LogP contribution in [0.3, 0.4) is 0 Å². The lowest BCUT2D eigenvalue weighted by Crippen LogP contribution is -2.40. The highest BCUT2D eigenvalue weighted by atomic mass is 32.2. The summed E-state index contributed by atoms with van der Waals surface area (Å²) in [5.41, 5.74) is 0. The van der Waals surface area contributed by atoms with Gasteiger partial charge in [0, 0.05) is 24.5 Å². The maximum absolute atomic E-state index is 5.39. The molecule has 2 aliphatic rings. The molecule has 88 valence electrons. The van der Waals surface area contributed by atoms with Crippen molar-refractivity contribution >= 4 is 11.8 Å². The van der Waals surface area contributed by atoms with Crippen molar-refractivity contribution < 1.29 is 4.74 Å². The maximum Gasteiger partial charge on any atom is 0.0495 e. The molecule has 1 N–H and O–H groups in total. The van der Waals surface area contributed by atoms with Crippen molar-refractivity contribution in [2.75, 3.05) is 25.5 Å². The topological polar surface area (TPSA) is 21.3 Å². The normalized spacial score (nSPS) is 37.0. The van der Waals surface area contributed by atoms with E-state index < -0.39 is 0 Å². The van der Waals surface area contributed by atoms with Crippen LogP contribution in [0.4, 0.5) is 0 Å². The van der Waals surface area contributed by atoms with Crippen molar-refractivity contribution in [2.24, 2.45) is 5.92 Å². The molecular weight excluding hydrogens is 206 g/mol. The number of ether oxygens (including phenoxy) is 1. The number of nitrogens with one attached hydrogen (secondary N) is 1. The Morgan fingerprint density at radius 3 is 3.07 bits per heavy atom. The molecule has 0 saturated carbocycles. The number of hydrogen-bond acceptors (Lipinski definition) is 3. The van der Waals surface area contributed by atoms with Crippen molar-refractivity contribution in [1.82, 2.24) is 5.32 Å². The maximum atomic E-state index is 5.39. The fourth-order valence-electron chi connectivity index (χ4n) is 2.48. The molecule has 0 spiro atoms. The van der Waals surface area contributed by atoms with Crippen molar-refractivity contribution in [3.63, 3.8) is 0 Å². The van der Waals surface area contributed by atoms with Crippen LogP contribution in [0.5, 0.6) is 0 Å². The molecule has 15 heavy (non-hydrogen) atoms. The summed E-state index contributed by atoms with van der Waals surface area (Å²) in [6.07, 6.45) is 5.33. The molecule has 0 radical (unpaired) electrons. The Hall–Kier alpha value is 0.270. The second kappa shape index (κ2) is 6.12. The van der Waals surface area contributed by atoms with Crippen LogP contribution < -0.4 is 5.32 Å². The van der Waals surface area contributed by atoms with E-state index in [9.17, 15) is 0 Å². The molecule has 2 saturated heterocycles. The largest absolute Gasteiger partial charge is 0.381 e. The summed E-state index contributed by atoms with van der Waals surface area (Å²) in [6, 6.07) is 0.756. The van der Waals surface area contributed by atoms with Crippen molar-refractivity contribution in [2.45, 2.75) is 43.9 Å². The predicted molar refractivity (Wildman–Crippen MR) is 66.5 cm³/mol. The van der Waals surface area contributed by atoms with Crippen LogP contribution in [0.15, 0.2) is 0 Å². The van der Waals surface area contributed by atoms with Crippen LogP contribution in [-0.4, -0.2) is 36.8 Å². The highest BCUT2D eigenvalue weighted by Crippen LogP contribution is 2.25. The van der Waals surface area contributed by atoms with Gasteiger partial charge in [-0.25, -0.2) is 0 Å². The summed E-state index contributed by atoms with van der Waals surface area (Å²) in [7, 11) is 0. The monoisotopic (exact) mass is 229 g/mol. The van der Waals surface area contributed by atoms with Crippen molar-refractivity contribution in [1.29, 1.82) is 0 Å². The standard InChI is InChI=1S/C12H23NOS/c1-10-12(3-2-8-15-10)13-6-4-11-5-7-14-9-11/h10-13H,2-9H2,1H3. The minimum absolute atomic E-state index is 0.756. The first-order chi connectivity index (χ1) is 7.36. The lowest BCUT2D eigenvalue weighted by Gasteiger charge is -2.29. The Kier molecular flexibility index (Phi) is 4.79. The Bertz CT molecular complexity index is 182. The Morgan fingerprint density at radius 2 is 2.33 bits per heavy atom. The average Bonchev–Trinajstić information content (AvgIpc) is 2.74. The SMILES string of the molecule is CC1SCCCC1NCCC1CCOC1. The van der Waals surface area contributed by atoms with Crippen LogP contribution in [-0.2, 0) is 4.74 Å². The first kappa shape index (κ1) is 11.7. The second-order valence-corrected chi connectivity index (χ2v) is 6.28. The summed E-state index contributed by atoms with van der Waals surface area (Å²) >= 11 is 2.12.